The summed E-state index contributed by atoms with van der Waals surface area (Å²) in [7, 11) is 1.71. The standard InChI is InChI=1S/C28H39Cl2N5O/c1-17-10-23(11-17)34-9-5-6-20(14-34)21-15-35(16-21)28-31-13-25(19(3)36-4)27(33-28)32-18(2)24-8-7-22(29)12-26(24)30/h7-8,12-13,17-21,23H,5-6,9-11,14-16H2,1-4H3,(H,31,32,33)/t17?,18-,19?,20+,23?/m1/s1. The fraction of sp³-hybridized carbons (Fsp3) is 0.643. The molecule has 2 saturated heterocycles. The van der Waals surface area contributed by atoms with Gasteiger partial charge in [0, 0.05) is 54.6 Å². The van der Waals surface area contributed by atoms with Crippen LogP contribution in [0.1, 0.15) is 69.7 Å². The number of benzene rings is 1. The summed E-state index contributed by atoms with van der Waals surface area (Å²) in [6.07, 6.45) is 7.25. The van der Waals surface area contributed by atoms with E-state index >= 15 is 0 Å². The van der Waals surface area contributed by atoms with Crippen LogP contribution in [0.4, 0.5) is 11.8 Å². The largest absolute Gasteiger partial charge is 0.377 e. The molecule has 8 heteroatoms. The van der Waals surface area contributed by atoms with Crippen molar-refractivity contribution in [3.63, 3.8) is 0 Å². The second-order valence-corrected chi connectivity index (χ2v) is 12.0. The number of piperidine rings is 1. The van der Waals surface area contributed by atoms with Crippen molar-refractivity contribution in [2.45, 2.75) is 64.6 Å². The number of rotatable bonds is 8. The first-order valence-corrected chi connectivity index (χ1v) is 14.2. The zero-order valence-electron chi connectivity index (χ0n) is 21.9. The van der Waals surface area contributed by atoms with E-state index in [0.717, 1.165) is 59.8 Å². The predicted octanol–water partition coefficient (Wildman–Crippen LogP) is 6.61. The summed E-state index contributed by atoms with van der Waals surface area (Å²) in [5.74, 6) is 4.02. The van der Waals surface area contributed by atoms with E-state index in [4.69, 9.17) is 37.9 Å². The Hall–Kier alpha value is -1.60. The number of anilines is 2. The summed E-state index contributed by atoms with van der Waals surface area (Å²) < 4.78 is 5.61. The highest BCUT2D eigenvalue weighted by Crippen LogP contribution is 2.38. The molecular weight excluding hydrogens is 493 g/mol. The molecule has 3 heterocycles. The smallest absolute Gasteiger partial charge is 0.227 e. The molecule has 0 radical (unpaired) electrons. The molecular formula is C28H39Cl2N5O. The van der Waals surface area contributed by atoms with Crippen molar-refractivity contribution in [2.24, 2.45) is 17.8 Å². The SMILES string of the molecule is COC(C)c1cnc(N2CC([C@H]3CCCN(C4CC(C)C4)C3)C2)nc1N[C@H](C)c1ccc(Cl)cc1Cl. The normalized spacial score (nSPS) is 26.7. The first kappa shape index (κ1) is 26.0. The first-order valence-electron chi connectivity index (χ1n) is 13.4. The van der Waals surface area contributed by atoms with E-state index in [1.54, 1.807) is 13.2 Å². The van der Waals surface area contributed by atoms with E-state index in [9.17, 15) is 0 Å². The molecule has 1 unspecified atom stereocenters. The summed E-state index contributed by atoms with van der Waals surface area (Å²) >= 11 is 12.6. The lowest BCUT2D eigenvalue weighted by Gasteiger charge is -2.50. The quantitative estimate of drug-likeness (QED) is 0.413. The summed E-state index contributed by atoms with van der Waals surface area (Å²) in [4.78, 5) is 14.8. The molecule has 0 bridgehead atoms. The van der Waals surface area contributed by atoms with Crippen LogP contribution in [0.2, 0.25) is 10.0 Å². The Bertz CT molecular complexity index is 1060. The lowest BCUT2D eigenvalue weighted by molar-refractivity contribution is 0.0294. The van der Waals surface area contributed by atoms with Crippen molar-refractivity contribution < 1.29 is 4.74 Å². The van der Waals surface area contributed by atoms with Crippen LogP contribution in [0.3, 0.4) is 0 Å². The van der Waals surface area contributed by atoms with E-state index in [1.807, 2.05) is 25.3 Å². The number of halogens is 2. The van der Waals surface area contributed by atoms with Gasteiger partial charge >= 0.3 is 0 Å². The van der Waals surface area contributed by atoms with Crippen LogP contribution >= 0.6 is 23.2 Å². The van der Waals surface area contributed by atoms with Crippen LogP contribution in [0.15, 0.2) is 24.4 Å². The molecule has 5 rings (SSSR count). The molecule has 2 aliphatic heterocycles. The Morgan fingerprint density at radius 1 is 1.08 bits per heavy atom. The second kappa shape index (κ2) is 11.0. The summed E-state index contributed by atoms with van der Waals surface area (Å²) in [5, 5.41) is 4.83. The molecule has 2 aromatic rings. The number of nitrogens with one attached hydrogen (secondary N) is 1. The highest BCUT2D eigenvalue weighted by molar-refractivity contribution is 6.35. The molecule has 0 spiro atoms. The lowest BCUT2D eigenvalue weighted by atomic mass is 9.76. The predicted molar refractivity (Wildman–Crippen MR) is 148 cm³/mol. The van der Waals surface area contributed by atoms with Crippen LogP contribution in [-0.2, 0) is 4.74 Å². The van der Waals surface area contributed by atoms with Gasteiger partial charge in [-0.2, -0.15) is 4.98 Å². The number of nitrogens with zero attached hydrogens (tertiary/aromatic N) is 4. The van der Waals surface area contributed by atoms with Crippen LogP contribution in [-0.4, -0.2) is 54.2 Å². The minimum Gasteiger partial charge on any atom is -0.377 e. The van der Waals surface area contributed by atoms with Crippen molar-refractivity contribution in [3.8, 4) is 0 Å². The van der Waals surface area contributed by atoms with Gasteiger partial charge in [0.15, 0.2) is 0 Å². The molecule has 196 valence electrons. The van der Waals surface area contributed by atoms with E-state index in [2.05, 4.69) is 29.0 Å². The topological polar surface area (TPSA) is 53.5 Å². The van der Waals surface area contributed by atoms with Gasteiger partial charge in [-0.25, -0.2) is 4.98 Å². The Morgan fingerprint density at radius 3 is 2.56 bits per heavy atom. The molecule has 3 fully saturated rings. The van der Waals surface area contributed by atoms with Gasteiger partial charge in [0.05, 0.1) is 12.1 Å². The van der Waals surface area contributed by atoms with Gasteiger partial charge in [0.1, 0.15) is 5.82 Å². The molecule has 3 atom stereocenters. The molecule has 1 aromatic heterocycles. The zero-order chi connectivity index (χ0) is 25.4. The fourth-order valence-electron chi connectivity index (χ4n) is 6.10. The maximum absolute atomic E-state index is 6.48. The minimum atomic E-state index is -0.124. The van der Waals surface area contributed by atoms with Gasteiger partial charge in [0.2, 0.25) is 5.95 Å². The maximum Gasteiger partial charge on any atom is 0.227 e. The number of methoxy groups -OCH3 is 1. The first-order chi connectivity index (χ1) is 17.3. The highest BCUT2D eigenvalue weighted by atomic mass is 35.5. The number of likely N-dealkylation sites (tertiary alicyclic amines) is 1. The average Bonchev–Trinajstić information content (AvgIpc) is 2.81. The van der Waals surface area contributed by atoms with Crippen LogP contribution in [0.5, 0.6) is 0 Å². The Labute approximate surface area is 225 Å². The summed E-state index contributed by atoms with van der Waals surface area (Å²) in [6.45, 7) is 11.1. The highest BCUT2D eigenvalue weighted by Gasteiger charge is 2.40. The number of aromatic nitrogens is 2. The van der Waals surface area contributed by atoms with Crippen LogP contribution in [0.25, 0.3) is 0 Å². The van der Waals surface area contributed by atoms with E-state index in [1.165, 1.54) is 38.8 Å². The van der Waals surface area contributed by atoms with Crippen molar-refractivity contribution in [2.75, 3.05) is 43.5 Å². The second-order valence-electron chi connectivity index (χ2n) is 11.2. The minimum absolute atomic E-state index is 0.0492. The maximum atomic E-state index is 6.48. The summed E-state index contributed by atoms with van der Waals surface area (Å²) in [5.41, 5.74) is 1.91. The van der Waals surface area contributed by atoms with Crippen LogP contribution < -0.4 is 10.2 Å². The van der Waals surface area contributed by atoms with E-state index in [-0.39, 0.29) is 12.1 Å². The molecule has 1 N–H and O–H groups in total. The Kier molecular flexibility index (Phi) is 7.97. The average molecular weight is 533 g/mol. The van der Waals surface area contributed by atoms with E-state index < -0.39 is 0 Å². The van der Waals surface area contributed by atoms with Gasteiger partial charge in [-0.1, -0.05) is 36.2 Å². The van der Waals surface area contributed by atoms with Crippen LogP contribution in [0, 0.1) is 17.8 Å². The number of hydrogen-bond acceptors (Lipinski definition) is 6. The van der Waals surface area contributed by atoms with Gasteiger partial charge < -0.3 is 19.9 Å². The molecule has 1 saturated carbocycles. The number of ether oxygens (including phenoxy) is 1. The van der Waals surface area contributed by atoms with Crippen molar-refractivity contribution in [1.82, 2.24) is 14.9 Å². The third kappa shape index (κ3) is 5.47. The Balaban J connectivity index is 1.26. The molecule has 3 aliphatic rings. The fourth-order valence-corrected chi connectivity index (χ4v) is 6.67. The van der Waals surface area contributed by atoms with Crippen molar-refractivity contribution in [1.29, 1.82) is 0 Å². The summed E-state index contributed by atoms with van der Waals surface area (Å²) in [6, 6.07) is 6.39. The van der Waals surface area contributed by atoms with E-state index in [0.29, 0.717) is 10.0 Å². The van der Waals surface area contributed by atoms with Gasteiger partial charge in [0.25, 0.3) is 0 Å². The molecule has 0 amide bonds. The Morgan fingerprint density at radius 2 is 1.86 bits per heavy atom. The third-order valence-electron chi connectivity index (χ3n) is 8.59. The molecule has 36 heavy (non-hydrogen) atoms. The van der Waals surface area contributed by atoms with Crippen molar-refractivity contribution >= 4 is 35.0 Å². The lowest BCUT2D eigenvalue weighted by Crippen LogP contribution is -2.56. The van der Waals surface area contributed by atoms with Crippen molar-refractivity contribution in [3.05, 3.63) is 45.6 Å². The molecule has 1 aliphatic carbocycles. The molecule has 1 aromatic carbocycles. The monoisotopic (exact) mass is 531 g/mol. The third-order valence-corrected chi connectivity index (χ3v) is 9.15. The number of hydrogen-bond donors (Lipinski definition) is 1. The van der Waals surface area contributed by atoms with Gasteiger partial charge in [-0.05, 0) is 81.5 Å². The van der Waals surface area contributed by atoms with Gasteiger partial charge in [-0.15, -0.1) is 0 Å². The van der Waals surface area contributed by atoms with Gasteiger partial charge in [-0.3, -0.25) is 0 Å². The zero-order valence-corrected chi connectivity index (χ0v) is 23.4. The molecule has 6 nitrogen and oxygen atoms in total.